The standard InChI is InChI=1S/C8H12O4S2/c1-11-6(9)8(7(10)12-2)3-13-5-14-4-8/h3-5H2,1-2H3. The Hall–Kier alpha value is -0.360. The van der Waals surface area contributed by atoms with Gasteiger partial charge in [-0.2, -0.15) is 0 Å². The lowest BCUT2D eigenvalue weighted by Crippen LogP contribution is -2.47. The van der Waals surface area contributed by atoms with Gasteiger partial charge in [-0.25, -0.2) is 0 Å². The minimum atomic E-state index is -1.10. The molecule has 0 atom stereocenters. The zero-order valence-electron chi connectivity index (χ0n) is 8.07. The van der Waals surface area contributed by atoms with Crippen molar-refractivity contribution in [2.45, 2.75) is 0 Å². The van der Waals surface area contributed by atoms with E-state index in [1.807, 2.05) is 0 Å². The largest absolute Gasteiger partial charge is 0.468 e. The molecule has 1 aliphatic heterocycles. The third-order valence-electron chi connectivity index (χ3n) is 2.02. The number of carbonyl (C=O) groups excluding carboxylic acids is 2. The van der Waals surface area contributed by atoms with E-state index >= 15 is 0 Å². The van der Waals surface area contributed by atoms with Crippen LogP contribution in [0.1, 0.15) is 0 Å². The van der Waals surface area contributed by atoms with Crippen LogP contribution in [0.25, 0.3) is 0 Å². The topological polar surface area (TPSA) is 52.6 Å². The van der Waals surface area contributed by atoms with Crippen molar-refractivity contribution in [1.82, 2.24) is 0 Å². The number of rotatable bonds is 2. The lowest BCUT2D eigenvalue weighted by Gasteiger charge is -2.30. The summed E-state index contributed by atoms with van der Waals surface area (Å²) in [4.78, 5) is 23.1. The van der Waals surface area contributed by atoms with E-state index in [2.05, 4.69) is 9.47 Å². The van der Waals surface area contributed by atoms with Crippen molar-refractivity contribution in [1.29, 1.82) is 0 Å². The van der Waals surface area contributed by atoms with Crippen LogP contribution in [-0.4, -0.2) is 42.7 Å². The van der Waals surface area contributed by atoms with E-state index in [9.17, 15) is 9.59 Å². The summed E-state index contributed by atoms with van der Waals surface area (Å²) in [6, 6.07) is 0. The van der Waals surface area contributed by atoms with Crippen molar-refractivity contribution in [3.8, 4) is 0 Å². The molecule has 6 heteroatoms. The minimum absolute atomic E-state index is 0.444. The highest BCUT2D eigenvalue weighted by molar-refractivity contribution is 8.16. The fourth-order valence-corrected chi connectivity index (χ4v) is 3.88. The second kappa shape index (κ2) is 4.93. The maximum atomic E-state index is 11.5. The van der Waals surface area contributed by atoms with Gasteiger partial charge in [0.2, 0.25) is 0 Å². The molecule has 1 heterocycles. The molecular formula is C8H12O4S2. The van der Waals surface area contributed by atoms with Gasteiger partial charge in [-0.3, -0.25) is 9.59 Å². The van der Waals surface area contributed by atoms with Gasteiger partial charge in [-0.15, -0.1) is 23.5 Å². The first-order valence-corrected chi connectivity index (χ1v) is 6.30. The van der Waals surface area contributed by atoms with Crippen LogP contribution in [0.3, 0.4) is 0 Å². The number of hydrogen-bond donors (Lipinski definition) is 0. The molecule has 4 nitrogen and oxygen atoms in total. The molecule has 1 saturated heterocycles. The molecule has 0 unspecified atom stereocenters. The summed E-state index contributed by atoms with van der Waals surface area (Å²) in [5.74, 6) is -0.105. The van der Waals surface area contributed by atoms with E-state index in [4.69, 9.17) is 0 Å². The van der Waals surface area contributed by atoms with E-state index < -0.39 is 17.4 Å². The summed E-state index contributed by atoms with van der Waals surface area (Å²) in [5, 5.41) is 0.899. The Labute approximate surface area is 91.1 Å². The fourth-order valence-electron chi connectivity index (χ4n) is 1.24. The number of thioether (sulfide) groups is 2. The molecule has 1 rings (SSSR count). The van der Waals surface area contributed by atoms with Gasteiger partial charge in [-0.05, 0) is 0 Å². The first-order chi connectivity index (χ1) is 6.67. The van der Waals surface area contributed by atoms with Gasteiger partial charge in [0.1, 0.15) is 0 Å². The van der Waals surface area contributed by atoms with Crippen molar-refractivity contribution < 1.29 is 19.1 Å². The van der Waals surface area contributed by atoms with E-state index in [-0.39, 0.29) is 0 Å². The van der Waals surface area contributed by atoms with E-state index in [1.165, 1.54) is 14.2 Å². The van der Waals surface area contributed by atoms with E-state index in [0.717, 1.165) is 5.08 Å². The predicted molar refractivity (Wildman–Crippen MR) is 56.2 cm³/mol. The van der Waals surface area contributed by atoms with Gasteiger partial charge in [0.05, 0.1) is 14.2 Å². The third-order valence-corrected chi connectivity index (χ3v) is 4.74. The highest BCUT2D eigenvalue weighted by Gasteiger charge is 2.49. The van der Waals surface area contributed by atoms with Crippen LogP contribution in [0.5, 0.6) is 0 Å². The normalized spacial score (nSPS) is 19.9. The molecule has 80 valence electrons. The molecule has 0 aromatic heterocycles. The average molecular weight is 236 g/mol. The maximum Gasteiger partial charge on any atom is 0.324 e. The molecule has 14 heavy (non-hydrogen) atoms. The second-order valence-corrected chi connectivity index (χ2v) is 5.22. The molecule has 0 amide bonds. The fraction of sp³-hybridized carbons (Fsp3) is 0.750. The van der Waals surface area contributed by atoms with Crippen LogP contribution >= 0.6 is 23.5 Å². The highest BCUT2D eigenvalue weighted by Crippen LogP contribution is 2.37. The molecule has 0 saturated carbocycles. The van der Waals surface area contributed by atoms with Crippen molar-refractivity contribution in [2.75, 3.05) is 30.8 Å². The first-order valence-electron chi connectivity index (χ1n) is 3.99. The first kappa shape index (κ1) is 11.7. The molecular weight excluding hydrogens is 224 g/mol. The van der Waals surface area contributed by atoms with E-state index in [1.54, 1.807) is 23.5 Å². The monoisotopic (exact) mass is 236 g/mol. The van der Waals surface area contributed by atoms with Gasteiger partial charge >= 0.3 is 11.9 Å². The number of methoxy groups -OCH3 is 2. The molecule has 1 fully saturated rings. The lowest BCUT2D eigenvalue weighted by atomic mass is 9.93. The van der Waals surface area contributed by atoms with Gasteiger partial charge < -0.3 is 9.47 Å². The maximum absolute atomic E-state index is 11.5. The number of ether oxygens (including phenoxy) is 2. The molecule has 0 N–H and O–H groups in total. The van der Waals surface area contributed by atoms with Gasteiger partial charge in [0, 0.05) is 16.6 Å². The second-order valence-electron chi connectivity index (χ2n) is 2.88. The van der Waals surface area contributed by atoms with Crippen molar-refractivity contribution in [3.05, 3.63) is 0 Å². The zero-order valence-corrected chi connectivity index (χ0v) is 9.70. The summed E-state index contributed by atoms with van der Waals surface area (Å²) in [7, 11) is 2.58. The molecule has 0 aliphatic carbocycles. The van der Waals surface area contributed by atoms with E-state index in [0.29, 0.717) is 11.5 Å². The van der Waals surface area contributed by atoms with Crippen LogP contribution in [-0.2, 0) is 19.1 Å². The Kier molecular flexibility index (Phi) is 4.12. The number of esters is 2. The Balaban J connectivity index is 2.87. The highest BCUT2D eigenvalue weighted by atomic mass is 32.2. The zero-order chi connectivity index (χ0) is 10.6. The summed E-state index contributed by atoms with van der Waals surface area (Å²) in [5.41, 5.74) is -1.10. The summed E-state index contributed by atoms with van der Waals surface area (Å²) in [6.07, 6.45) is 0. The van der Waals surface area contributed by atoms with Crippen LogP contribution in [0.2, 0.25) is 0 Å². The van der Waals surface area contributed by atoms with Crippen LogP contribution in [0, 0.1) is 5.41 Å². The van der Waals surface area contributed by atoms with Gasteiger partial charge in [0.25, 0.3) is 0 Å². The van der Waals surface area contributed by atoms with Crippen LogP contribution in [0.15, 0.2) is 0 Å². The number of carbonyl (C=O) groups is 2. The average Bonchev–Trinajstić information content (AvgIpc) is 2.27. The summed E-state index contributed by atoms with van der Waals surface area (Å²) in [6.45, 7) is 0. The molecule has 0 radical (unpaired) electrons. The summed E-state index contributed by atoms with van der Waals surface area (Å²) >= 11 is 3.10. The number of hydrogen-bond acceptors (Lipinski definition) is 6. The third kappa shape index (κ3) is 2.00. The Morgan fingerprint density at radius 3 is 1.86 bits per heavy atom. The van der Waals surface area contributed by atoms with Crippen molar-refractivity contribution in [3.63, 3.8) is 0 Å². The smallest absolute Gasteiger partial charge is 0.324 e. The molecule has 0 aromatic rings. The Morgan fingerprint density at radius 2 is 1.50 bits per heavy atom. The van der Waals surface area contributed by atoms with Crippen molar-refractivity contribution >= 4 is 35.5 Å². The van der Waals surface area contributed by atoms with Gasteiger partial charge in [-0.1, -0.05) is 0 Å². The summed E-state index contributed by atoms with van der Waals surface area (Å²) < 4.78 is 9.30. The molecule has 0 bridgehead atoms. The lowest BCUT2D eigenvalue weighted by molar-refractivity contribution is -0.165. The van der Waals surface area contributed by atoms with Crippen LogP contribution in [0.4, 0.5) is 0 Å². The molecule has 0 spiro atoms. The molecule has 0 aromatic carbocycles. The minimum Gasteiger partial charge on any atom is -0.468 e. The Morgan fingerprint density at radius 1 is 1.07 bits per heavy atom. The van der Waals surface area contributed by atoms with Crippen LogP contribution < -0.4 is 0 Å². The quantitative estimate of drug-likeness (QED) is 0.521. The van der Waals surface area contributed by atoms with Crippen molar-refractivity contribution in [2.24, 2.45) is 5.41 Å². The predicted octanol–water partition coefficient (Wildman–Crippen LogP) is 0.756. The SMILES string of the molecule is COC(=O)C1(C(=O)OC)CSCSC1. The molecule has 1 aliphatic rings. The van der Waals surface area contributed by atoms with Gasteiger partial charge in [0.15, 0.2) is 5.41 Å². The Bertz CT molecular complexity index is 217.